The first kappa shape index (κ1) is 13.1. The number of aromatic amines is 1. The van der Waals surface area contributed by atoms with Crippen LogP contribution in [0.1, 0.15) is 44.3 Å². The lowest BCUT2D eigenvalue weighted by atomic mass is 9.85. The zero-order valence-electron chi connectivity index (χ0n) is 10.7. The molecule has 100 valence electrons. The van der Waals surface area contributed by atoms with Gasteiger partial charge in [0.15, 0.2) is 0 Å². The largest absolute Gasteiger partial charge is 0.348 e. The molecular weight excluding hydrogens is 228 g/mol. The minimum absolute atomic E-state index is 0.0722. The average Bonchev–Trinajstić information content (AvgIpc) is 2.90. The van der Waals surface area contributed by atoms with Crippen LogP contribution in [0.2, 0.25) is 0 Å². The van der Waals surface area contributed by atoms with Crippen LogP contribution >= 0.6 is 0 Å². The lowest BCUT2D eigenvalue weighted by Gasteiger charge is -2.24. The van der Waals surface area contributed by atoms with E-state index in [-0.39, 0.29) is 11.9 Å². The lowest BCUT2D eigenvalue weighted by molar-refractivity contribution is -0.123. The van der Waals surface area contributed by atoms with Gasteiger partial charge in [-0.15, -0.1) is 0 Å². The molecule has 1 heterocycles. The lowest BCUT2D eigenvalue weighted by Crippen LogP contribution is -2.41. The van der Waals surface area contributed by atoms with Gasteiger partial charge in [-0.2, -0.15) is 0 Å². The second-order valence-electron chi connectivity index (χ2n) is 5.10. The fourth-order valence-electron chi connectivity index (χ4n) is 2.59. The Bertz CT molecular complexity index is 357. The van der Waals surface area contributed by atoms with Crippen LogP contribution in [0.3, 0.4) is 0 Å². The van der Waals surface area contributed by atoms with Gasteiger partial charge in [0.25, 0.3) is 0 Å². The number of hydrogen-bond acceptors (Lipinski definition) is 3. The van der Waals surface area contributed by atoms with Gasteiger partial charge in [0.1, 0.15) is 5.82 Å². The Morgan fingerprint density at radius 1 is 1.50 bits per heavy atom. The zero-order chi connectivity index (χ0) is 12.8. The molecule has 0 bridgehead atoms. The zero-order valence-corrected chi connectivity index (χ0v) is 10.7. The van der Waals surface area contributed by atoms with E-state index in [1.165, 1.54) is 32.1 Å². The van der Waals surface area contributed by atoms with Crippen molar-refractivity contribution in [2.75, 3.05) is 0 Å². The van der Waals surface area contributed by atoms with Crippen molar-refractivity contribution in [3.63, 3.8) is 0 Å². The standard InChI is InChI=1S/C13H22N4O/c14-11(8-10-4-2-1-3-5-10)13(18)17-9-12-15-6-7-16-12/h6-7,10-11H,1-5,8-9,14H2,(H,15,16)(H,17,18). The summed E-state index contributed by atoms with van der Waals surface area (Å²) in [5.41, 5.74) is 5.94. The molecule has 1 aromatic rings. The van der Waals surface area contributed by atoms with E-state index in [0.717, 1.165) is 12.2 Å². The third-order valence-electron chi connectivity index (χ3n) is 3.63. The van der Waals surface area contributed by atoms with Crippen LogP contribution in [0.25, 0.3) is 0 Å². The molecule has 1 amide bonds. The number of nitrogens with zero attached hydrogens (tertiary/aromatic N) is 1. The molecule has 1 aliphatic rings. The predicted octanol–water partition coefficient (Wildman–Crippen LogP) is 1.32. The first-order valence-corrected chi connectivity index (χ1v) is 6.77. The number of amides is 1. The molecule has 0 radical (unpaired) electrons. The summed E-state index contributed by atoms with van der Waals surface area (Å²) in [5.74, 6) is 1.31. The van der Waals surface area contributed by atoms with Crippen LogP contribution in [0.15, 0.2) is 12.4 Å². The van der Waals surface area contributed by atoms with E-state index in [0.29, 0.717) is 12.5 Å². The fraction of sp³-hybridized carbons (Fsp3) is 0.692. The molecule has 0 saturated heterocycles. The molecule has 1 atom stereocenters. The maximum atomic E-state index is 11.8. The second kappa shape index (κ2) is 6.54. The van der Waals surface area contributed by atoms with Crippen molar-refractivity contribution in [3.8, 4) is 0 Å². The molecule has 2 rings (SSSR count). The van der Waals surface area contributed by atoms with Crippen molar-refractivity contribution in [3.05, 3.63) is 18.2 Å². The Labute approximate surface area is 108 Å². The third-order valence-corrected chi connectivity index (χ3v) is 3.63. The highest BCUT2D eigenvalue weighted by atomic mass is 16.2. The van der Waals surface area contributed by atoms with Crippen molar-refractivity contribution in [1.82, 2.24) is 15.3 Å². The molecule has 0 aliphatic heterocycles. The molecule has 0 aromatic carbocycles. The molecular formula is C13H22N4O. The smallest absolute Gasteiger partial charge is 0.237 e. The minimum Gasteiger partial charge on any atom is -0.348 e. The number of nitrogens with one attached hydrogen (secondary N) is 2. The van der Waals surface area contributed by atoms with Crippen molar-refractivity contribution in [1.29, 1.82) is 0 Å². The number of H-pyrrole nitrogens is 1. The first-order chi connectivity index (χ1) is 8.75. The van der Waals surface area contributed by atoms with Crippen molar-refractivity contribution in [2.24, 2.45) is 11.7 Å². The van der Waals surface area contributed by atoms with Gasteiger partial charge in [0.05, 0.1) is 12.6 Å². The van der Waals surface area contributed by atoms with Gasteiger partial charge in [-0.3, -0.25) is 4.79 Å². The maximum absolute atomic E-state index is 11.8. The number of imidazole rings is 1. The summed E-state index contributed by atoms with van der Waals surface area (Å²) in [6, 6.07) is -0.386. The van der Waals surface area contributed by atoms with E-state index in [1.807, 2.05) is 0 Å². The maximum Gasteiger partial charge on any atom is 0.237 e. The van der Waals surface area contributed by atoms with Crippen LogP contribution in [0, 0.1) is 5.92 Å². The van der Waals surface area contributed by atoms with Crippen LogP contribution < -0.4 is 11.1 Å². The van der Waals surface area contributed by atoms with Gasteiger partial charge >= 0.3 is 0 Å². The summed E-state index contributed by atoms with van der Waals surface area (Å²) in [7, 11) is 0. The minimum atomic E-state index is -0.386. The van der Waals surface area contributed by atoms with Crippen LogP contribution in [-0.2, 0) is 11.3 Å². The number of aromatic nitrogens is 2. The van der Waals surface area contributed by atoms with E-state index in [2.05, 4.69) is 15.3 Å². The van der Waals surface area contributed by atoms with E-state index < -0.39 is 0 Å². The highest BCUT2D eigenvalue weighted by molar-refractivity contribution is 5.81. The monoisotopic (exact) mass is 250 g/mol. The summed E-state index contributed by atoms with van der Waals surface area (Å²) >= 11 is 0. The molecule has 1 aromatic heterocycles. The molecule has 5 heteroatoms. The summed E-state index contributed by atoms with van der Waals surface area (Å²) in [5, 5.41) is 2.82. The summed E-state index contributed by atoms with van der Waals surface area (Å²) in [6.45, 7) is 0.421. The molecule has 1 saturated carbocycles. The molecule has 5 nitrogen and oxygen atoms in total. The molecule has 4 N–H and O–H groups in total. The number of carbonyl (C=O) groups excluding carboxylic acids is 1. The molecule has 18 heavy (non-hydrogen) atoms. The average molecular weight is 250 g/mol. The molecule has 1 fully saturated rings. The van der Waals surface area contributed by atoms with Gasteiger partial charge in [-0.05, 0) is 12.3 Å². The highest BCUT2D eigenvalue weighted by Crippen LogP contribution is 2.26. The van der Waals surface area contributed by atoms with E-state index >= 15 is 0 Å². The quantitative estimate of drug-likeness (QED) is 0.737. The molecule has 0 spiro atoms. The third kappa shape index (κ3) is 3.84. The molecule has 1 aliphatic carbocycles. The second-order valence-corrected chi connectivity index (χ2v) is 5.10. The Kier molecular flexibility index (Phi) is 4.75. The summed E-state index contributed by atoms with van der Waals surface area (Å²) < 4.78 is 0. The SMILES string of the molecule is NC(CC1CCCCC1)C(=O)NCc1ncc[nH]1. The van der Waals surface area contributed by atoms with Crippen LogP contribution in [-0.4, -0.2) is 21.9 Å². The van der Waals surface area contributed by atoms with Crippen molar-refractivity contribution >= 4 is 5.91 Å². The highest BCUT2D eigenvalue weighted by Gasteiger charge is 2.21. The van der Waals surface area contributed by atoms with Crippen molar-refractivity contribution < 1.29 is 4.79 Å². The summed E-state index contributed by atoms with van der Waals surface area (Å²) in [6.07, 6.45) is 10.6. The normalized spacial score (nSPS) is 18.5. The molecule has 1 unspecified atom stereocenters. The first-order valence-electron chi connectivity index (χ1n) is 6.77. The Hall–Kier alpha value is -1.36. The Morgan fingerprint density at radius 2 is 2.28 bits per heavy atom. The van der Waals surface area contributed by atoms with Crippen molar-refractivity contribution in [2.45, 2.75) is 51.1 Å². The fourth-order valence-corrected chi connectivity index (χ4v) is 2.59. The number of nitrogens with two attached hydrogens (primary N) is 1. The van der Waals surface area contributed by atoms with E-state index in [9.17, 15) is 4.79 Å². The van der Waals surface area contributed by atoms with Crippen LogP contribution in [0.5, 0.6) is 0 Å². The van der Waals surface area contributed by atoms with E-state index in [1.54, 1.807) is 12.4 Å². The van der Waals surface area contributed by atoms with Gasteiger partial charge in [-0.1, -0.05) is 32.1 Å². The van der Waals surface area contributed by atoms with Gasteiger partial charge in [0.2, 0.25) is 5.91 Å². The Morgan fingerprint density at radius 3 is 2.94 bits per heavy atom. The van der Waals surface area contributed by atoms with Gasteiger partial charge in [-0.25, -0.2) is 4.98 Å². The van der Waals surface area contributed by atoms with Gasteiger partial charge < -0.3 is 16.0 Å². The topological polar surface area (TPSA) is 83.8 Å². The number of rotatable bonds is 5. The van der Waals surface area contributed by atoms with Crippen LogP contribution in [0.4, 0.5) is 0 Å². The number of carbonyl (C=O) groups is 1. The predicted molar refractivity (Wildman–Crippen MR) is 69.6 cm³/mol. The van der Waals surface area contributed by atoms with Gasteiger partial charge in [0, 0.05) is 12.4 Å². The Balaban J connectivity index is 1.70. The summed E-state index contributed by atoms with van der Waals surface area (Å²) in [4.78, 5) is 18.8. The van der Waals surface area contributed by atoms with E-state index in [4.69, 9.17) is 5.73 Å². The number of hydrogen-bond donors (Lipinski definition) is 3.